The summed E-state index contributed by atoms with van der Waals surface area (Å²) in [6, 6.07) is 6.24. The van der Waals surface area contributed by atoms with Crippen LogP contribution in [0.4, 0.5) is 0 Å². The molecule has 1 aromatic heterocycles. The average Bonchev–Trinajstić information content (AvgIpc) is 3.08. The summed E-state index contributed by atoms with van der Waals surface area (Å²) in [4.78, 5) is 30.1. The number of aromatic nitrogens is 1. The van der Waals surface area contributed by atoms with Crippen LogP contribution < -0.4 is 5.73 Å². The molecular formula is C19H23N3O2S. The molecule has 1 aromatic carbocycles. The summed E-state index contributed by atoms with van der Waals surface area (Å²) in [5.41, 5.74) is 9.06. The summed E-state index contributed by atoms with van der Waals surface area (Å²) in [7, 11) is 0. The van der Waals surface area contributed by atoms with Crippen LogP contribution in [0.3, 0.4) is 0 Å². The van der Waals surface area contributed by atoms with Gasteiger partial charge in [0.2, 0.25) is 5.91 Å². The van der Waals surface area contributed by atoms with Gasteiger partial charge in [0.25, 0.3) is 5.91 Å². The lowest BCUT2D eigenvalue weighted by atomic mass is 9.96. The summed E-state index contributed by atoms with van der Waals surface area (Å²) in [5.74, 6) is 0.00982. The molecule has 0 radical (unpaired) electrons. The van der Waals surface area contributed by atoms with Crippen molar-refractivity contribution in [3.05, 3.63) is 51.0 Å². The number of thiazole rings is 1. The maximum Gasteiger partial charge on any atom is 0.268 e. The third-order valence-electron chi connectivity index (χ3n) is 4.82. The van der Waals surface area contributed by atoms with Crippen molar-refractivity contribution < 1.29 is 9.59 Å². The number of piperidine rings is 1. The van der Waals surface area contributed by atoms with E-state index in [0.717, 1.165) is 42.1 Å². The van der Waals surface area contributed by atoms with Gasteiger partial charge in [-0.05, 0) is 37.8 Å². The Labute approximate surface area is 151 Å². The van der Waals surface area contributed by atoms with Crippen molar-refractivity contribution in [3.63, 3.8) is 0 Å². The molecule has 5 nitrogen and oxygen atoms in total. The molecule has 2 N–H and O–H groups in total. The third kappa shape index (κ3) is 4.07. The fourth-order valence-corrected chi connectivity index (χ4v) is 4.21. The Kier molecular flexibility index (Phi) is 5.18. The predicted octanol–water partition coefficient (Wildman–Crippen LogP) is 2.81. The average molecular weight is 357 g/mol. The van der Waals surface area contributed by atoms with E-state index in [4.69, 9.17) is 5.73 Å². The van der Waals surface area contributed by atoms with Gasteiger partial charge in [0.1, 0.15) is 5.69 Å². The summed E-state index contributed by atoms with van der Waals surface area (Å²) in [5, 5.41) is 2.67. The molecule has 1 aliphatic heterocycles. The van der Waals surface area contributed by atoms with Gasteiger partial charge in [-0.25, -0.2) is 4.98 Å². The van der Waals surface area contributed by atoms with E-state index in [-0.39, 0.29) is 5.91 Å². The van der Waals surface area contributed by atoms with Gasteiger partial charge >= 0.3 is 0 Å². The molecule has 0 bridgehead atoms. The van der Waals surface area contributed by atoms with Crippen molar-refractivity contribution >= 4 is 23.2 Å². The SMILES string of the molecule is Cc1ccc(C)c(CC(=O)N2CCC(c3nc(C(N)=O)cs3)CC2)c1. The van der Waals surface area contributed by atoms with Gasteiger partial charge in [0, 0.05) is 24.4 Å². The molecule has 1 saturated heterocycles. The first kappa shape index (κ1) is 17.6. The zero-order chi connectivity index (χ0) is 18.0. The van der Waals surface area contributed by atoms with E-state index in [1.807, 2.05) is 18.7 Å². The minimum absolute atomic E-state index is 0.184. The molecule has 3 rings (SSSR count). The summed E-state index contributed by atoms with van der Waals surface area (Å²) in [6.45, 7) is 5.57. The highest BCUT2D eigenvalue weighted by Gasteiger charge is 2.26. The van der Waals surface area contributed by atoms with Gasteiger partial charge in [-0.1, -0.05) is 23.8 Å². The molecule has 25 heavy (non-hydrogen) atoms. The van der Waals surface area contributed by atoms with E-state index in [1.165, 1.54) is 16.9 Å². The van der Waals surface area contributed by atoms with Crippen molar-refractivity contribution in [2.24, 2.45) is 5.73 Å². The first-order chi connectivity index (χ1) is 11.9. The number of hydrogen-bond donors (Lipinski definition) is 1. The topological polar surface area (TPSA) is 76.3 Å². The highest BCUT2D eigenvalue weighted by Crippen LogP contribution is 2.30. The Morgan fingerprint density at radius 3 is 2.64 bits per heavy atom. The Hall–Kier alpha value is -2.21. The number of nitrogens with two attached hydrogens (primary N) is 1. The van der Waals surface area contributed by atoms with Gasteiger partial charge < -0.3 is 10.6 Å². The minimum atomic E-state index is -0.483. The molecule has 1 fully saturated rings. The van der Waals surface area contributed by atoms with Crippen LogP contribution in [-0.4, -0.2) is 34.8 Å². The molecule has 0 saturated carbocycles. The number of amides is 2. The first-order valence-corrected chi connectivity index (χ1v) is 9.41. The number of hydrogen-bond acceptors (Lipinski definition) is 4. The van der Waals surface area contributed by atoms with Crippen LogP contribution in [0.2, 0.25) is 0 Å². The van der Waals surface area contributed by atoms with Gasteiger partial charge in [-0.2, -0.15) is 0 Å². The highest BCUT2D eigenvalue weighted by molar-refractivity contribution is 7.09. The fourth-order valence-electron chi connectivity index (χ4n) is 3.23. The van der Waals surface area contributed by atoms with Crippen LogP contribution in [0, 0.1) is 13.8 Å². The molecule has 2 heterocycles. The quantitative estimate of drug-likeness (QED) is 0.914. The van der Waals surface area contributed by atoms with Crippen molar-refractivity contribution in [2.45, 2.75) is 39.0 Å². The van der Waals surface area contributed by atoms with Crippen LogP contribution in [0.1, 0.15) is 50.9 Å². The van der Waals surface area contributed by atoms with E-state index in [1.54, 1.807) is 5.38 Å². The molecule has 2 amide bonds. The van der Waals surface area contributed by atoms with Crippen LogP contribution >= 0.6 is 11.3 Å². The summed E-state index contributed by atoms with van der Waals surface area (Å²) in [6.07, 6.45) is 2.22. The Balaban J connectivity index is 1.58. The summed E-state index contributed by atoms with van der Waals surface area (Å²) >= 11 is 1.48. The van der Waals surface area contributed by atoms with Gasteiger partial charge in [0.05, 0.1) is 11.4 Å². The standard InChI is InChI=1S/C19H23N3O2S/c1-12-3-4-13(2)15(9-12)10-17(23)22-7-5-14(6-8-22)19-21-16(11-25-19)18(20)24/h3-4,9,11,14H,5-8,10H2,1-2H3,(H2,20,24). The number of rotatable bonds is 4. The normalized spacial score (nSPS) is 15.4. The van der Waals surface area contributed by atoms with E-state index < -0.39 is 5.91 Å². The molecule has 2 aromatic rings. The van der Waals surface area contributed by atoms with E-state index in [2.05, 4.69) is 23.2 Å². The van der Waals surface area contributed by atoms with Crippen LogP contribution in [0.25, 0.3) is 0 Å². The summed E-state index contributed by atoms with van der Waals surface area (Å²) < 4.78 is 0. The van der Waals surface area contributed by atoms with Crippen LogP contribution in [0.5, 0.6) is 0 Å². The molecule has 1 aliphatic rings. The van der Waals surface area contributed by atoms with Crippen LogP contribution in [0.15, 0.2) is 23.6 Å². The maximum absolute atomic E-state index is 12.6. The molecule has 0 spiro atoms. The molecule has 6 heteroatoms. The number of likely N-dealkylation sites (tertiary alicyclic amines) is 1. The third-order valence-corrected chi connectivity index (χ3v) is 5.82. The lowest BCUT2D eigenvalue weighted by molar-refractivity contribution is -0.131. The van der Waals surface area contributed by atoms with Crippen LogP contribution in [-0.2, 0) is 11.2 Å². The predicted molar refractivity (Wildman–Crippen MR) is 98.8 cm³/mol. The number of aryl methyl sites for hydroxylation is 2. The van der Waals surface area contributed by atoms with Crippen molar-refractivity contribution in [1.29, 1.82) is 0 Å². The number of carbonyl (C=O) groups is 2. The van der Waals surface area contributed by atoms with Crippen molar-refractivity contribution in [3.8, 4) is 0 Å². The zero-order valence-corrected chi connectivity index (χ0v) is 15.4. The van der Waals surface area contributed by atoms with E-state index in [9.17, 15) is 9.59 Å². The molecule has 0 atom stereocenters. The largest absolute Gasteiger partial charge is 0.364 e. The second-order valence-electron chi connectivity index (χ2n) is 6.70. The fraction of sp³-hybridized carbons (Fsp3) is 0.421. The number of benzene rings is 1. The van der Waals surface area contributed by atoms with Crippen molar-refractivity contribution in [2.75, 3.05) is 13.1 Å². The highest BCUT2D eigenvalue weighted by atomic mass is 32.1. The maximum atomic E-state index is 12.6. The number of nitrogens with zero attached hydrogens (tertiary/aromatic N) is 2. The smallest absolute Gasteiger partial charge is 0.268 e. The monoisotopic (exact) mass is 357 g/mol. The lowest BCUT2D eigenvalue weighted by Gasteiger charge is -2.31. The zero-order valence-electron chi connectivity index (χ0n) is 14.6. The number of primary amides is 1. The second-order valence-corrected chi connectivity index (χ2v) is 7.59. The van der Waals surface area contributed by atoms with E-state index >= 15 is 0 Å². The second kappa shape index (κ2) is 7.35. The lowest BCUT2D eigenvalue weighted by Crippen LogP contribution is -2.38. The Morgan fingerprint density at radius 1 is 1.28 bits per heavy atom. The molecule has 0 aliphatic carbocycles. The van der Waals surface area contributed by atoms with Gasteiger partial charge in [0.15, 0.2) is 0 Å². The Bertz CT molecular complexity index is 792. The van der Waals surface area contributed by atoms with Gasteiger partial charge in [-0.3, -0.25) is 9.59 Å². The van der Waals surface area contributed by atoms with E-state index in [0.29, 0.717) is 18.0 Å². The van der Waals surface area contributed by atoms with Gasteiger partial charge in [-0.15, -0.1) is 11.3 Å². The molecular weight excluding hydrogens is 334 g/mol. The molecule has 0 unspecified atom stereocenters. The van der Waals surface area contributed by atoms with Crippen molar-refractivity contribution in [1.82, 2.24) is 9.88 Å². The minimum Gasteiger partial charge on any atom is -0.364 e. The Morgan fingerprint density at radius 2 is 2.00 bits per heavy atom. The number of carbonyl (C=O) groups excluding carboxylic acids is 2. The first-order valence-electron chi connectivity index (χ1n) is 8.53. The molecule has 132 valence electrons.